The molecule has 0 bridgehead atoms. The molecule has 1 amide bonds. The van der Waals surface area contributed by atoms with Crippen LogP contribution in [0.5, 0.6) is 0 Å². The summed E-state index contributed by atoms with van der Waals surface area (Å²) in [4.78, 5) is 16.6. The minimum Gasteiger partial charge on any atom is -0.379 e. The van der Waals surface area contributed by atoms with Gasteiger partial charge in [0, 0.05) is 39.3 Å². The lowest BCUT2D eigenvalue weighted by Crippen LogP contribution is -2.48. The molecule has 144 valence electrons. The molecule has 1 N–H and O–H groups in total. The van der Waals surface area contributed by atoms with Crippen LogP contribution in [-0.2, 0) is 19.6 Å². The molecule has 0 aliphatic carbocycles. The molecule has 0 unspecified atom stereocenters. The van der Waals surface area contributed by atoms with E-state index in [1.807, 2.05) is 24.3 Å². The highest BCUT2D eigenvalue weighted by Gasteiger charge is 2.25. The maximum atomic E-state index is 12.4. The number of nitrogens with zero attached hydrogens (tertiary/aromatic N) is 3. The lowest BCUT2D eigenvalue weighted by molar-refractivity contribution is -0.118. The fourth-order valence-corrected chi connectivity index (χ4v) is 4.09. The number of nitrogens with one attached hydrogen (secondary N) is 1. The number of anilines is 2. The minimum absolute atomic E-state index is 0.0471. The Bertz CT molecular complexity index is 726. The monoisotopic (exact) mass is 382 g/mol. The molecule has 26 heavy (non-hydrogen) atoms. The normalized spacial score (nSPS) is 20.1. The molecule has 0 spiro atoms. The molecule has 1 aromatic rings. The van der Waals surface area contributed by atoms with Crippen LogP contribution in [0.3, 0.4) is 0 Å². The number of para-hydroxylation sites is 2. The van der Waals surface area contributed by atoms with E-state index < -0.39 is 10.0 Å². The molecule has 0 radical (unpaired) electrons. The maximum absolute atomic E-state index is 12.4. The van der Waals surface area contributed by atoms with Crippen LogP contribution in [0.1, 0.15) is 0 Å². The first-order valence-corrected chi connectivity index (χ1v) is 10.7. The van der Waals surface area contributed by atoms with E-state index in [1.54, 1.807) is 0 Å². The van der Waals surface area contributed by atoms with Crippen LogP contribution in [0.4, 0.5) is 11.4 Å². The van der Waals surface area contributed by atoms with E-state index >= 15 is 0 Å². The van der Waals surface area contributed by atoms with Crippen LogP contribution in [-0.4, -0.2) is 88.8 Å². The smallest absolute Gasteiger partial charge is 0.238 e. The van der Waals surface area contributed by atoms with Gasteiger partial charge in [0.2, 0.25) is 15.9 Å². The van der Waals surface area contributed by atoms with Gasteiger partial charge in [-0.2, -0.15) is 4.31 Å². The highest BCUT2D eigenvalue weighted by atomic mass is 32.2. The van der Waals surface area contributed by atoms with Crippen molar-refractivity contribution in [3.63, 3.8) is 0 Å². The van der Waals surface area contributed by atoms with Crippen LogP contribution in [0.2, 0.25) is 0 Å². The SMILES string of the molecule is CS(=O)(=O)N1CCN(c2ccccc2NC(=O)CN2CCOCC2)CC1. The Hall–Kier alpha value is -1.68. The van der Waals surface area contributed by atoms with E-state index in [2.05, 4.69) is 15.1 Å². The van der Waals surface area contributed by atoms with Crippen LogP contribution >= 0.6 is 0 Å². The van der Waals surface area contributed by atoms with Gasteiger partial charge in [-0.1, -0.05) is 12.1 Å². The van der Waals surface area contributed by atoms with E-state index in [-0.39, 0.29) is 5.91 Å². The Morgan fingerprint density at radius 1 is 1.08 bits per heavy atom. The molecule has 0 atom stereocenters. The first kappa shape index (κ1) is 19.1. The van der Waals surface area contributed by atoms with Gasteiger partial charge in [-0.3, -0.25) is 9.69 Å². The van der Waals surface area contributed by atoms with Crippen LogP contribution in [0.25, 0.3) is 0 Å². The van der Waals surface area contributed by atoms with Crippen molar-refractivity contribution in [2.24, 2.45) is 0 Å². The van der Waals surface area contributed by atoms with Crippen LogP contribution in [0.15, 0.2) is 24.3 Å². The molecule has 2 aliphatic heterocycles. The summed E-state index contributed by atoms with van der Waals surface area (Å²) in [5.74, 6) is -0.0471. The number of sulfonamides is 1. The summed E-state index contributed by atoms with van der Waals surface area (Å²) in [5.41, 5.74) is 1.69. The van der Waals surface area contributed by atoms with Crippen molar-refractivity contribution in [2.45, 2.75) is 0 Å². The Balaban J connectivity index is 1.62. The van der Waals surface area contributed by atoms with Crippen molar-refractivity contribution < 1.29 is 17.9 Å². The van der Waals surface area contributed by atoms with Crippen molar-refractivity contribution in [3.05, 3.63) is 24.3 Å². The second-order valence-electron chi connectivity index (χ2n) is 6.60. The molecule has 2 aliphatic rings. The molecule has 2 fully saturated rings. The van der Waals surface area contributed by atoms with Gasteiger partial charge in [0.1, 0.15) is 0 Å². The molecule has 0 aromatic heterocycles. The number of morpholine rings is 1. The molecule has 0 saturated carbocycles. The van der Waals surface area contributed by atoms with Gasteiger partial charge in [0.15, 0.2) is 0 Å². The largest absolute Gasteiger partial charge is 0.379 e. The van der Waals surface area contributed by atoms with Gasteiger partial charge in [-0.15, -0.1) is 0 Å². The summed E-state index contributed by atoms with van der Waals surface area (Å²) in [6.45, 7) is 5.31. The quantitative estimate of drug-likeness (QED) is 0.774. The summed E-state index contributed by atoms with van der Waals surface area (Å²) in [6, 6.07) is 7.66. The number of carbonyl (C=O) groups is 1. The maximum Gasteiger partial charge on any atom is 0.238 e. The predicted octanol–water partition coefficient (Wildman–Crippen LogP) is 0.0389. The lowest BCUT2D eigenvalue weighted by atomic mass is 10.2. The van der Waals surface area contributed by atoms with Gasteiger partial charge in [-0.25, -0.2) is 8.42 Å². The van der Waals surface area contributed by atoms with Crippen LogP contribution < -0.4 is 10.2 Å². The fraction of sp³-hybridized carbons (Fsp3) is 0.588. The minimum atomic E-state index is -3.16. The number of piperazine rings is 1. The first-order valence-electron chi connectivity index (χ1n) is 8.82. The van der Waals surface area contributed by atoms with Crippen molar-refractivity contribution in [1.82, 2.24) is 9.21 Å². The highest BCUT2D eigenvalue weighted by molar-refractivity contribution is 7.88. The van der Waals surface area contributed by atoms with Gasteiger partial charge in [-0.05, 0) is 12.1 Å². The van der Waals surface area contributed by atoms with Crippen molar-refractivity contribution in [3.8, 4) is 0 Å². The lowest BCUT2D eigenvalue weighted by Gasteiger charge is -2.35. The van der Waals surface area contributed by atoms with E-state index in [1.165, 1.54) is 10.6 Å². The van der Waals surface area contributed by atoms with E-state index in [9.17, 15) is 13.2 Å². The number of ether oxygens (including phenoxy) is 1. The summed E-state index contributed by atoms with van der Waals surface area (Å²) in [6.07, 6.45) is 1.24. The summed E-state index contributed by atoms with van der Waals surface area (Å²) in [5, 5.41) is 3.00. The summed E-state index contributed by atoms with van der Waals surface area (Å²) >= 11 is 0. The standard InChI is InChI=1S/C17H26N4O4S/c1-26(23,24)21-8-6-20(7-9-21)16-5-3-2-4-15(16)18-17(22)14-19-10-12-25-13-11-19/h2-5H,6-14H2,1H3,(H,18,22). The number of hydrogen-bond acceptors (Lipinski definition) is 6. The average Bonchev–Trinajstić information content (AvgIpc) is 2.62. The Morgan fingerprint density at radius 2 is 1.73 bits per heavy atom. The van der Waals surface area contributed by atoms with Gasteiger partial charge in [0.25, 0.3) is 0 Å². The topological polar surface area (TPSA) is 82.2 Å². The fourth-order valence-electron chi connectivity index (χ4n) is 3.27. The Morgan fingerprint density at radius 3 is 2.38 bits per heavy atom. The zero-order chi connectivity index (χ0) is 18.6. The third kappa shape index (κ3) is 4.94. The first-order chi connectivity index (χ1) is 12.4. The number of carbonyl (C=O) groups excluding carboxylic acids is 1. The predicted molar refractivity (Wildman–Crippen MR) is 101 cm³/mol. The zero-order valence-corrected chi connectivity index (χ0v) is 15.9. The third-order valence-corrected chi connectivity index (χ3v) is 6.00. The molecule has 2 saturated heterocycles. The highest BCUT2D eigenvalue weighted by Crippen LogP contribution is 2.27. The number of amides is 1. The summed E-state index contributed by atoms with van der Waals surface area (Å²) in [7, 11) is -3.16. The summed E-state index contributed by atoms with van der Waals surface area (Å²) < 4.78 is 30.1. The van der Waals surface area contributed by atoms with Crippen LogP contribution in [0, 0.1) is 0 Å². The molecule has 3 rings (SSSR count). The number of rotatable bonds is 5. The average molecular weight is 382 g/mol. The Kier molecular flexibility index (Phi) is 6.13. The number of hydrogen-bond donors (Lipinski definition) is 1. The molecular formula is C17H26N4O4S. The van der Waals surface area contributed by atoms with Crippen molar-refractivity contribution in [2.75, 3.05) is 75.5 Å². The molecule has 9 heteroatoms. The number of benzene rings is 1. The van der Waals surface area contributed by atoms with E-state index in [4.69, 9.17) is 4.74 Å². The second-order valence-corrected chi connectivity index (χ2v) is 8.59. The van der Waals surface area contributed by atoms with E-state index in [0.29, 0.717) is 45.9 Å². The molecular weight excluding hydrogens is 356 g/mol. The van der Waals surface area contributed by atoms with Gasteiger partial charge < -0.3 is 15.0 Å². The molecule has 8 nitrogen and oxygen atoms in total. The second kappa shape index (κ2) is 8.34. The van der Waals surface area contributed by atoms with Gasteiger partial charge >= 0.3 is 0 Å². The third-order valence-electron chi connectivity index (χ3n) is 4.70. The van der Waals surface area contributed by atoms with E-state index in [0.717, 1.165) is 24.5 Å². The van der Waals surface area contributed by atoms with Gasteiger partial charge in [0.05, 0.1) is 37.4 Å². The molecule has 1 aromatic carbocycles. The zero-order valence-electron chi connectivity index (χ0n) is 15.1. The van der Waals surface area contributed by atoms with Crippen molar-refractivity contribution in [1.29, 1.82) is 0 Å². The van der Waals surface area contributed by atoms with Crippen molar-refractivity contribution >= 4 is 27.3 Å². The molecule has 2 heterocycles. The Labute approximate surface area is 154 Å².